The first kappa shape index (κ1) is 17.2. The fourth-order valence-corrected chi connectivity index (χ4v) is 1.73. The zero-order valence-corrected chi connectivity index (χ0v) is 13.2. The van der Waals surface area contributed by atoms with Crippen LogP contribution in [0.3, 0.4) is 0 Å². The molecule has 6 nitrogen and oxygen atoms in total. The number of hydrogen-bond acceptors (Lipinski definition) is 4. The standard InChI is InChI=1S/C13H16ClN3O3S/c1-8-9(14)4-3-5-10(8)17-13(21)16-6-11(18)15-7-12(19)20-2/h3-5H,6-7H2,1-2H3,(H,15,18)(H2,16,17,21). The van der Waals surface area contributed by atoms with Crippen LogP contribution in [0.4, 0.5) is 5.69 Å². The molecule has 0 heterocycles. The average Bonchev–Trinajstić information content (AvgIpc) is 2.47. The maximum absolute atomic E-state index is 11.5. The predicted octanol–water partition coefficient (Wildman–Crippen LogP) is 1.22. The molecule has 0 aliphatic carbocycles. The monoisotopic (exact) mass is 329 g/mol. The second-order valence-corrected chi connectivity index (χ2v) is 4.89. The van der Waals surface area contributed by atoms with E-state index in [0.717, 1.165) is 11.3 Å². The summed E-state index contributed by atoms with van der Waals surface area (Å²) < 4.78 is 4.40. The van der Waals surface area contributed by atoms with E-state index in [1.54, 1.807) is 12.1 Å². The molecule has 0 aromatic heterocycles. The molecular weight excluding hydrogens is 314 g/mol. The van der Waals surface area contributed by atoms with E-state index in [1.165, 1.54) is 7.11 Å². The highest BCUT2D eigenvalue weighted by Gasteiger charge is 2.07. The Morgan fingerprint density at radius 1 is 1.29 bits per heavy atom. The van der Waals surface area contributed by atoms with Crippen LogP contribution in [0.15, 0.2) is 18.2 Å². The third-order valence-electron chi connectivity index (χ3n) is 2.58. The lowest BCUT2D eigenvalue weighted by Gasteiger charge is -2.13. The first-order chi connectivity index (χ1) is 9.93. The van der Waals surface area contributed by atoms with Gasteiger partial charge in [-0.3, -0.25) is 9.59 Å². The number of thiocarbonyl (C=S) groups is 1. The Kier molecular flexibility index (Phi) is 6.90. The summed E-state index contributed by atoms with van der Waals surface area (Å²) in [4.78, 5) is 22.3. The minimum Gasteiger partial charge on any atom is -0.468 e. The van der Waals surface area contributed by atoms with E-state index in [2.05, 4.69) is 20.7 Å². The number of carbonyl (C=O) groups excluding carboxylic acids is 2. The number of halogens is 1. The van der Waals surface area contributed by atoms with E-state index < -0.39 is 5.97 Å². The largest absolute Gasteiger partial charge is 0.468 e. The van der Waals surface area contributed by atoms with Crippen molar-refractivity contribution in [3.63, 3.8) is 0 Å². The van der Waals surface area contributed by atoms with Gasteiger partial charge in [0, 0.05) is 10.7 Å². The van der Waals surface area contributed by atoms with Crippen molar-refractivity contribution in [3.05, 3.63) is 28.8 Å². The zero-order valence-electron chi connectivity index (χ0n) is 11.7. The van der Waals surface area contributed by atoms with Crippen molar-refractivity contribution in [3.8, 4) is 0 Å². The third-order valence-corrected chi connectivity index (χ3v) is 3.24. The lowest BCUT2D eigenvalue weighted by atomic mass is 10.2. The van der Waals surface area contributed by atoms with Gasteiger partial charge in [0.05, 0.1) is 13.7 Å². The van der Waals surface area contributed by atoms with Crippen molar-refractivity contribution in [1.82, 2.24) is 10.6 Å². The zero-order chi connectivity index (χ0) is 15.8. The van der Waals surface area contributed by atoms with Gasteiger partial charge in [-0.2, -0.15) is 0 Å². The molecule has 3 N–H and O–H groups in total. The van der Waals surface area contributed by atoms with Crippen molar-refractivity contribution in [1.29, 1.82) is 0 Å². The Morgan fingerprint density at radius 3 is 2.67 bits per heavy atom. The van der Waals surface area contributed by atoms with Crippen LogP contribution < -0.4 is 16.0 Å². The third kappa shape index (κ3) is 5.97. The molecule has 1 aromatic rings. The van der Waals surface area contributed by atoms with Gasteiger partial charge in [0.15, 0.2) is 5.11 Å². The van der Waals surface area contributed by atoms with Crippen molar-refractivity contribution in [2.24, 2.45) is 0 Å². The Balaban J connectivity index is 2.39. The molecule has 0 bridgehead atoms. The van der Waals surface area contributed by atoms with Gasteiger partial charge in [-0.1, -0.05) is 17.7 Å². The molecule has 21 heavy (non-hydrogen) atoms. The van der Waals surface area contributed by atoms with Crippen LogP contribution in [0.1, 0.15) is 5.56 Å². The Bertz CT molecular complexity index is 551. The lowest BCUT2D eigenvalue weighted by Crippen LogP contribution is -2.40. The van der Waals surface area contributed by atoms with Gasteiger partial charge >= 0.3 is 5.97 Å². The van der Waals surface area contributed by atoms with Crippen LogP contribution in [0, 0.1) is 6.92 Å². The molecule has 8 heteroatoms. The summed E-state index contributed by atoms with van der Waals surface area (Å²) in [6, 6.07) is 5.40. The molecule has 0 atom stereocenters. The van der Waals surface area contributed by atoms with Gasteiger partial charge in [-0.05, 0) is 36.8 Å². The molecule has 0 spiro atoms. The number of anilines is 1. The molecule has 114 valence electrons. The molecule has 1 rings (SSSR count). The van der Waals surface area contributed by atoms with Crippen LogP contribution in [0.2, 0.25) is 5.02 Å². The van der Waals surface area contributed by atoms with Gasteiger partial charge < -0.3 is 20.7 Å². The number of esters is 1. The number of amides is 1. The Morgan fingerprint density at radius 2 is 2.00 bits per heavy atom. The summed E-state index contributed by atoms with van der Waals surface area (Å²) in [5.74, 6) is -0.883. The van der Waals surface area contributed by atoms with E-state index in [4.69, 9.17) is 23.8 Å². The molecule has 0 radical (unpaired) electrons. The molecule has 1 amide bonds. The minimum atomic E-state index is -0.515. The van der Waals surface area contributed by atoms with E-state index in [1.807, 2.05) is 13.0 Å². The fraction of sp³-hybridized carbons (Fsp3) is 0.308. The van der Waals surface area contributed by atoms with E-state index in [0.29, 0.717) is 5.02 Å². The summed E-state index contributed by atoms with van der Waals surface area (Å²) in [6.07, 6.45) is 0. The first-order valence-corrected chi connectivity index (χ1v) is 6.86. The summed E-state index contributed by atoms with van der Waals surface area (Å²) in [7, 11) is 1.25. The predicted molar refractivity (Wildman–Crippen MR) is 85.4 cm³/mol. The number of benzene rings is 1. The fourth-order valence-electron chi connectivity index (χ4n) is 1.38. The van der Waals surface area contributed by atoms with Crippen LogP contribution in [-0.2, 0) is 14.3 Å². The van der Waals surface area contributed by atoms with Gasteiger partial charge in [0.2, 0.25) is 5.91 Å². The maximum atomic E-state index is 11.5. The highest BCUT2D eigenvalue weighted by molar-refractivity contribution is 7.80. The Labute approximate surface area is 133 Å². The summed E-state index contributed by atoms with van der Waals surface area (Å²) >= 11 is 11.1. The maximum Gasteiger partial charge on any atom is 0.325 e. The minimum absolute atomic E-state index is 0.0531. The van der Waals surface area contributed by atoms with E-state index in [-0.39, 0.29) is 24.1 Å². The quantitative estimate of drug-likeness (QED) is 0.557. The normalized spacial score (nSPS) is 9.67. The molecule has 0 aliphatic rings. The molecule has 0 saturated carbocycles. The lowest BCUT2D eigenvalue weighted by molar-refractivity contribution is -0.141. The Hall–Kier alpha value is -1.86. The SMILES string of the molecule is COC(=O)CNC(=O)CNC(=S)Nc1cccc(Cl)c1C. The van der Waals surface area contributed by atoms with Crippen molar-refractivity contribution < 1.29 is 14.3 Å². The first-order valence-electron chi connectivity index (χ1n) is 6.07. The highest BCUT2D eigenvalue weighted by Crippen LogP contribution is 2.22. The summed E-state index contributed by atoms with van der Waals surface area (Å²) in [5.41, 5.74) is 1.62. The van der Waals surface area contributed by atoms with Crippen molar-refractivity contribution in [2.45, 2.75) is 6.92 Å². The van der Waals surface area contributed by atoms with E-state index >= 15 is 0 Å². The summed E-state index contributed by atoms with van der Waals surface area (Å²) in [5, 5.41) is 8.98. The van der Waals surface area contributed by atoms with Crippen molar-refractivity contribution in [2.75, 3.05) is 25.5 Å². The second-order valence-electron chi connectivity index (χ2n) is 4.07. The van der Waals surface area contributed by atoms with Gasteiger partial charge in [-0.25, -0.2) is 0 Å². The number of carbonyl (C=O) groups is 2. The van der Waals surface area contributed by atoms with Crippen LogP contribution in [0.5, 0.6) is 0 Å². The highest BCUT2D eigenvalue weighted by atomic mass is 35.5. The smallest absolute Gasteiger partial charge is 0.325 e. The van der Waals surface area contributed by atoms with Crippen LogP contribution >= 0.6 is 23.8 Å². The van der Waals surface area contributed by atoms with Gasteiger partial charge in [0.1, 0.15) is 6.54 Å². The number of nitrogens with one attached hydrogen (secondary N) is 3. The topological polar surface area (TPSA) is 79.5 Å². The average molecular weight is 330 g/mol. The van der Waals surface area contributed by atoms with Gasteiger partial charge in [-0.15, -0.1) is 0 Å². The van der Waals surface area contributed by atoms with Crippen LogP contribution in [0.25, 0.3) is 0 Å². The molecular formula is C13H16ClN3O3S. The molecule has 0 saturated heterocycles. The molecule has 0 fully saturated rings. The number of rotatable bonds is 5. The second kappa shape index (κ2) is 8.43. The number of ether oxygens (including phenoxy) is 1. The van der Waals surface area contributed by atoms with Crippen molar-refractivity contribution >= 4 is 46.5 Å². The number of hydrogen-bond donors (Lipinski definition) is 3. The number of methoxy groups -OCH3 is 1. The van der Waals surface area contributed by atoms with Crippen LogP contribution in [-0.4, -0.2) is 37.2 Å². The molecule has 0 unspecified atom stereocenters. The van der Waals surface area contributed by atoms with E-state index in [9.17, 15) is 9.59 Å². The summed E-state index contributed by atoms with van der Waals surface area (Å²) in [6.45, 7) is 1.63. The molecule has 0 aliphatic heterocycles. The van der Waals surface area contributed by atoms with Gasteiger partial charge in [0.25, 0.3) is 0 Å². The molecule has 1 aromatic carbocycles.